The Kier molecular flexibility index (Phi) is 3.72. The summed E-state index contributed by atoms with van der Waals surface area (Å²) in [5, 5.41) is 0. The van der Waals surface area contributed by atoms with Crippen molar-refractivity contribution in [3.05, 3.63) is 23.8 Å². The number of benzene rings is 1. The molecule has 1 aromatic rings. The molecular formula is C13H18N2O3. The Bertz CT molecular complexity index is 448. The molecule has 1 aliphatic rings. The second-order valence-electron chi connectivity index (χ2n) is 4.52. The Hall–Kier alpha value is -1.75. The minimum atomic E-state index is -0.504. The molecule has 5 nitrogen and oxygen atoms in total. The van der Waals surface area contributed by atoms with Crippen molar-refractivity contribution in [2.75, 3.05) is 27.2 Å². The number of likely N-dealkylation sites (tertiary alicyclic amines) is 1. The third-order valence-electron chi connectivity index (χ3n) is 3.09. The van der Waals surface area contributed by atoms with Crippen LogP contribution in [0.2, 0.25) is 0 Å². The highest BCUT2D eigenvalue weighted by atomic mass is 16.5. The van der Waals surface area contributed by atoms with Gasteiger partial charge in [0.1, 0.15) is 17.6 Å². The van der Waals surface area contributed by atoms with Gasteiger partial charge in [-0.2, -0.15) is 0 Å². The van der Waals surface area contributed by atoms with Crippen molar-refractivity contribution in [2.45, 2.75) is 12.5 Å². The van der Waals surface area contributed by atoms with E-state index in [1.807, 2.05) is 7.05 Å². The average molecular weight is 250 g/mol. The van der Waals surface area contributed by atoms with Crippen LogP contribution in [0.1, 0.15) is 16.8 Å². The minimum Gasteiger partial charge on any atom is -0.497 e. The molecule has 1 unspecified atom stereocenters. The maximum absolute atomic E-state index is 11.4. The lowest BCUT2D eigenvalue weighted by atomic mass is 10.1. The molecule has 2 N–H and O–H groups in total. The first kappa shape index (κ1) is 12.7. The van der Waals surface area contributed by atoms with Gasteiger partial charge in [-0.05, 0) is 31.7 Å². The van der Waals surface area contributed by atoms with Crippen molar-refractivity contribution in [1.29, 1.82) is 0 Å². The number of hydrogen-bond donors (Lipinski definition) is 1. The number of carbonyl (C=O) groups excluding carboxylic acids is 1. The number of rotatable bonds is 4. The molecule has 0 aromatic heterocycles. The summed E-state index contributed by atoms with van der Waals surface area (Å²) in [5.74, 6) is 0.624. The van der Waals surface area contributed by atoms with E-state index in [4.69, 9.17) is 15.2 Å². The monoisotopic (exact) mass is 250 g/mol. The van der Waals surface area contributed by atoms with Crippen LogP contribution >= 0.6 is 0 Å². The van der Waals surface area contributed by atoms with Crippen LogP contribution < -0.4 is 15.2 Å². The molecule has 0 bridgehead atoms. The average Bonchev–Trinajstić information content (AvgIpc) is 2.75. The molecule has 2 rings (SSSR count). The van der Waals surface area contributed by atoms with E-state index in [1.54, 1.807) is 25.3 Å². The third kappa shape index (κ3) is 2.73. The van der Waals surface area contributed by atoms with Gasteiger partial charge in [-0.1, -0.05) is 0 Å². The molecule has 1 aromatic carbocycles. The van der Waals surface area contributed by atoms with Crippen LogP contribution in [-0.2, 0) is 0 Å². The molecular weight excluding hydrogens is 232 g/mol. The SMILES string of the molecule is COc1ccc(OC2CCN(C)C2)c(C(N)=O)c1. The summed E-state index contributed by atoms with van der Waals surface area (Å²) in [4.78, 5) is 13.6. The molecule has 98 valence electrons. The first-order chi connectivity index (χ1) is 8.60. The number of likely N-dealkylation sites (N-methyl/N-ethyl adjacent to an activating group) is 1. The van der Waals surface area contributed by atoms with Crippen LogP contribution in [0.25, 0.3) is 0 Å². The Morgan fingerprint density at radius 1 is 1.50 bits per heavy atom. The summed E-state index contributed by atoms with van der Waals surface area (Å²) in [5.41, 5.74) is 5.72. The number of nitrogens with zero attached hydrogens (tertiary/aromatic N) is 1. The fourth-order valence-corrected chi connectivity index (χ4v) is 2.10. The van der Waals surface area contributed by atoms with Crippen molar-refractivity contribution in [3.63, 3.8) is 0 Å². The van der Waals surface area contributed by atoms with E-state index in [0.717, 1.165) is 19.5 Å². The van der Waals surface area contributed by atoms with E-state index in [-0.39, 0.29) is 6.10 Å². The number of ether oxygens (including phenoxy) is 2. The standard InChI is InChI=1S/C13H18N2O3/c1-15-6-5-10(8-15)18-12-4-3-9(17-2)7-11(12)13(14)16/h3-4,7,10H,5-6,8H2,1-2H3,(H2,14,16). The summed E-state index contributed by atoms with van der Waals surface area (Å²) in [7, 11) is 3.60. The lowest BCUT2D eigenvalue weighted by Crippen LogP contribution is -2.23. The number of primary amides is 1. The predicted octanol–water partition coefficient (Wildman–Crippen LogP) is 0.877. The molecule has 0 spiro atoms. The number of carbonyl (C=O) groups is 1. The van der Waals surface area contributed by atoms with E-state index < -0.39 is 5.91 Å². The molecule has 1 aliphatic heterocycles. The van der Waals surface area contributed by atoms with Gasteiger partial charge in [-0.25, -0.2) is 0 Å². The molecule has 1 atom stereocenters. The van der Waals surface area contributed by atoms with Crippen molar-refractivity contribution >= 4 is 5.91 Å². The van der Waals surface area contributed by atoms with Crippen molar-refractivity contribution in [3.8, 4) is 11.5 Å². The minimum absolute atomic E-state index is 0.112. The van der Waals surface area contributed by atoms with Gasteiger partial charge in [-0.3, -0.25) is 4.79 Å². The van der Waals surface area contributed by atoms with Crippen LogP contribution in [0, 0.1) is 0 Å². The van der Waals surface area contributed by atoms with Crippen molar-refractivity contribution in [2.24, 2.45) is 5.73 Å². The second kappa shape index (κ2) is 5.27. The maximum Gasteiger partial charge on any atom is 0.252 e. The Morgan fingerprint density at radius 3 is 2.83 bits per heavy atom. The molecule has 1 fully saturated rings. The molecule has 0 saturated carbocycles. The number of nitrogens with two attached hydrogens (primary N) is 1. The molecule has 1 saturated heterocycles. The fourth-order valence-electron chi connectivity index (χ4n) is 2.10. The van der Waals surface area contributed by atoms with Crippen LogP contribution in [0.5, 0.6) is 11.5 Å². The highest BCUT2D eigenvalue weighted by molar-refractivity contribution is 5.96. The summed E-state index contributed by atoms with van der Waals surface area (Å²) in [6.07, 6.45) is 1.07. The van der Waals surface area contributed by atoms with E-state index in [2.05, 4.69) is 4.90 Å². The van der Waals surface area contributed by atoms with E-state index >= 15 is 0 Å². The van der Waals surface area contributed by atoms with Gasteiger partial charge in [0, 0.05) is 13.1 Å². The quantitative estimate of drug-likeness (QED) is 0.861. The van der Waals surface area contributed by atoms with Gasteiger partial charge >= 0.3 is 0 Å². The molecule has 1 heterocycles. The Balaban J connectivity index is 2.18. The van der Waals surface area contributed by atoms with Crippen LogP contribution in [0.3, 0.4) is 0 Å². The van der Waals surface area contributed by atoms with Crippen LogP contribution in [0.15, 0.2) is 18.2 Å². The topological polar surface area (TPSA) is 64.8 Å². The molecule has 5 heteroatoms. The van der Waals surface area contributed by atoms with Gasteiger partial charge < -0.3 is 20.1 Å². The third-order valence-corrected chi connectivity index (χ3v) is 3.09. The smallest absolute Gasteiger partial charge is 0.252 e. The van der Waals surface area contributed by atoms with Crippen LogP contribution in [-0.4, -0.2) is 44.2 Å². The molecule has 1 amide bonds. The van der Waals surface area contributed by atoms with Gasteiger partial charge in [-0.15, -0.1) is 0 Å². The second-order valence-corrected chi connectivity index (χ2v) is 4.52. The largest absolute Gasteiger partial charge is 0.497 e. The summed E-state index contributed by atoms with van der Waals surface area (Å²) in [6.45, 7) is 1.87. The lowest BCUT2D eigenvalue weighted by molar-refractivity contribution is 0.0993. The first-order valence-electron chi connectivity index (χ1n) is 5.93. The van der Waals surface area contributed by atoms with Crippen molar-refractivity contribution in [1.82, 2.24) is 4.90 Å². The summed E-state index contributed by atoms with van der Waals surface area (Å²) in [6, 6.07) is 5.11. The number of hydrogen-bond acceptors (Lipinski definition) is 4. The van der Waals surface area contributed by atoms with E-state index in [9.17, 15) is 4.79 Å². The normalized spacial score (nSPS) is 19.8. The van der Waals surface area contributed by atoms with E-state index in [1.165, 1.54) is 0 Å². The van der Waals surface area contributed by atoms with Crippen LogP contribution in [0.4, 0.5) is 0 Å². The molecule has 0 aliphatic carbocycles. The Labute approximate surface area is 106 Å². The van der Waals surface area contributed by atoms with Gasteiger partial charge in [0.15, 0.2) is 0 Å². The fraction of sp³-hybridized carbons (Fsp3) is 0.462. The first-order valence-corrected chi connectivity index (χ1v) is 5.93. The number of amides is 1. The highest BCUT2D eigenvalue weighted by Crippen LogP contribution is 2.26. The summed E-state index contributed by atoms with van der Waals surface area (Å²) < 4.78 is 10.9. The maximum atomic E-state index is 11.4. The van der Waals surface area contributed by atoms with Gasteiger partial charge in [0.2, 0.25) is 0 Å². The zero-order valence-corrected chi connectivity index (χ0v) is 10.7. The number of methoxy groups -OCH3 is 1. The molecule has 18 heavy (non-hydrogen) atoms. The Morgan fingerprint density at radius 2 is 2.28 bits per heavy atom. The lowest BCUT2D eigenvalue weighted by Gasteiger charge is -2.16. The summed E-state index contributed by atoms with van der Waals surface area (Å²) >= 11 is 0. The molecule has 0 radical (unpaired) electrons. The predicted molar refractivity (Wildman–Crippen MR) is 68.0 cm³/mol. The zero-order valence-electron chi connectivity index (χ0n) is 10.7. The van der Waals surface area contributed by atoms with E-state index in [0.29, 0.717) is 17.1 Å². The van der Waals surface area contributed by atoms with Crippen molar-refractivity contribution < 1.29 is 14.3 Å². The zero-order chi connectivity index (χ0) is 13.1. The van der Waals surface area contributed by atoms with Gasteiger partial charge in [0.25, 0.3) is 5.91 Å². The highest BCUT2D eigenvalue weighted by Gasteiger charge is 2.22. The van der Waals surface area contributed by atoms with Gasteiger partial charge in [0.05, 0.1) is 12.7 Å².